The summed E-state index contributed by atoms with van der Waals surface area (Å²) in [4.78, 5) is 11.9. The van der Waals surface area contributed by atoms with Gasteiger partial charge in [0.05, 0.1) is 10.0 Å². The third-order valence-corrected chi connectivity index (χ3v) is 5.38. The smallest absolute Gasteiger partial charge is 0.251 e. The van der Waals surface area contributed by atoms with Crippen LogP contribution in [0.3, 0.4) is 0 Å². The van der Waals surface area contributed by atoms with E-state index in [1.165, 1.54) is 0 Å². The molecule has 0 radical (unpaired) electrons. The first-order valence-electron chi connectivity index (χ1n) is 6.61. The van der Waals surface area contributed by atoms with Crippen molar-refractivity contribution in [3.63, 3.8) is 0 Å². The second kappa shape index (κ2) is 9.01. The lowest BCUT2D eigenvalue weighted by Gasteiger charge is -2.06. The maximum Gasteiger partial charge on any atom is 0.251 e. The van der Waals surface area contributed by atoms with Gasteiger partial charge in [-0.3, -0.25) is 4.79 Å². The van der Waals surface area contributed by atoms with E-state index in [2.05, 4.69) is 27.9 Å². The molecular formula is C16H14Cl2INOS. The summed E-state index contributed by atoms with van der Waals surface area (Å²) < 4.78 is 1.12. The van der Waals surface area contributed by atoms with Crippen molar-refractivity contribution in [3.05, 3.63) is 67.2 Å². The van der Waals surface area contributed by atoms with Crippen LogP contribution in [0.4, 0.5) is 0 Å². The molecule has 1 amide bonds. The summed E-state index contributed by atoms with van der Waals surface area (Å²) >= 11 is 15.8. The molecule has 0 saturated heterocycles. The predicted molar refractivity (Wildman–Crippen MR) is 104 cm³/mol. The third-order valence-electron chi connectivity index (χ3n) is 2.89. The minimum Gasteiger partial charge on any atom is -0.351 e. The van der Waals surface area contributed by atoms with E-state index in [0.717, 1.165) is 20.6 Å². The minimum atomic E-state index is -0.0356. The van der Waals surface area contributed by atoms with Gasteiger partial charge >= 0.3 is 0 Å². The highest BCUT2D eigenvalue weighted by Crippen LogP contribution is 2.24. The molecule has 0 unspecified atom stereocenters. The van der Waals surface area contributed by atoms with E-state index >= 15 is 0 Å². The first kappa shape index (κ1) is 17.9. The fourth-order valence-electron chi connectivity index (χ4n) is 1.76. The van der Waals surface area contributed by atoms with Gasteiger partial charge in [-0.1, -0.05) is 29.3 Å². The number of carbonyl (C=O) groups excluding carboxylic acids is 1. The van der Waals surface area contributed by atoms with Gasteiger partial charge in [-0.25, -0.2) is 0 Å². The van der Waals surface area contributed by atoms with Crippen molar-refractivity contribution in [2.45, 2.75) is 5.75 Å². The maximum atomic E-state index is 11.9. The van der Waals surface area contributed by atoms with Crippen LogP contribution in [-0.4, -0.2) is 18.2 Å². The summed E-state index contributed by atoms with van der Waals surface area (Å²) in [7, 11) is 0. The van der Waals surface area contributed by atoms with E-state index in [9.17, 15) is 4.79 Å². The molecule has 0 aliphatic rings. The molecule has 2 rings (SSSR count). The second-order valence-corrected chi connectivity index (χ2v) is 7.73. The van der Waals surface area contributed by atoms with Gasteiger partial charge in [-0.05, 0) is 64.6 Å². The lowest BCUT2D eigenvalue weighted by Crippen LogP contribution is -2.25. The van der Waals surface area contributed by atoms with Crippen molar-refractivity contribution in [2.75, 3.05) is 12.3 Å². The largest absolute Gasteiger partial charge is 0.351 e. The highest BCUT2D eigenvalue weighted by atomic mass is 127. The molecule has 2 aromatic rings. The highest BCUT2D eigenvalue weighted by Gasteiger charge is 2.04. The molecule has 0 aliphatic carbocycles. The van der Waals surface area contributed by atoms with Crippen LogP contribution in [0.15, 0.2) is 42.5 Å². The molecule has 0 bridgehead atoms. The molecule has 0 heterocycles. The third kappa shape index (κ3) is 5.65. The Balaban J connectivity index is 1.69. The zero-order valence-corrected chi connectivity index (χ0v) is 16.1. The van der Waals surface area contributed by atoms with Gasteiger partial charge in [-0.15, -0.1) is 0 Å². The van der Waals surface area contributed by atoms with Crippen molar-refractivity contribution < 1.29 is 4.79 Å². The van der Waals surface area contributed by atoms with E-state index in [1.807, 2.05) is 36.4 Å². The standard InChI is InChI=1S/C16H14Cl2INOS/c17-14-6-1-11(9-15(14)18)10-22-8-7-20-16(21)12-2-4-13(19)5-3-12/h1-6,9H,7-8,10H2,(H,20,21). The fourth-order valence-corrected chi connectivity index (χ4v) is 3.25. The van der Waals surface area contributed by atoms with Crippen LogP contribution in [-0.2, 0) is 5.75 Å². The Morgan fingerprint density at radius 2 is 1.82 bits per heavy atom. The highest BCUT2D eigenvalue weighted by molar-refractivity contribution is 14.1. The van der Waals surface area contributed by atoms with Gasteiger partial charge < -0.3 is 5.32 Å². The quantitative estimate of drug-likeness (QED) is 0.465. The van der Waals surface area contributed by atoms with Gasteiger partial charge in [0.15, 0.2) is 0 Å². The van der Waals surface area contributed by atoms with Crippen molar-refractivity contribution >= 4 is 63.5 Å². The van der Waals surface area contributed by atoms with Crippen LogP contribution in [0.1, 0.15) is 15.9 Å². The Kier molecular flexibility index (Phi) is 7.34. The average molecular weight is 466 g/mol. The van der Waals surface area contributed by atoms with Crippen LogP contribution in [0.2, 0.25) is 10.0 Å². The van der Waals surface area contributed by atoms with Crippen molar-refractivity contribution in [1.29, 1.82) is 0 Å². The number of thioether (sulfide) groups is 1. The maximum absolute atomic E-state index is 11.9. The number of carbonyl (C=O) groups is 1. The van der Waals surface area contributed by atoms with Gasteiger partial charge in [0, 0.05) is 27.2 Å². The van der Waals surface area contributed by atoms with Gasteiger partial charge in [0.1, 0.15) is 0 Å². The van der Waals surface area contributed by atoms with Gasteiger partial charge in [0.2, 0.25) is 0 Å². The first-order valence-corrected chi connectivity index (χ1v) is 9.60. The predicted octanol–water partition coefficient (Wildman–Crippen LogP) is 5.26. The van der Waals surface area contributed by atoms with Gasteiger partial charge in [-0.2, -0.15) is 11.8 Å². The van der Waals surface area contributed by atoms with Crippen LogP contribution in [0.5, 0.6) is 0 Å². The molecule has 22 heavy (non-hydrogen) atoms. The number of halogens is 3. The zero-order valence-electron chi connectivity index (χ0n) is 11.6. The minimum absolute atomic E-state index is 0.0356. The number of hydrogen-bond acceptors (Lipinski definition) is 2. The summed E-state index contributed by atoms with van der Waals surface area (Å²) in [5.41, 5.74) is 1.82. The normalized spacial score (nSPS) is 10.5. The number of amides is 1. The molecule has 2 nitrogen and oxygen atoms in total. The number of rotatable bonds is 6. The summed E-state index contributed by atoms with van der Waals surface area (Å²) in [5, 5.41) is 4.06. The molecule has 0 aliphatic heterocycles. The van der Waals surface area contributed by atoms with E-state index in [4.69, 9.17) is 23.2 Å². The number of hydrogen-bond donors (Lipinski definition) is 1. The molecule has 0 aromatic heterocycles. The zero-order chi connectivity index (χ0) is 15.9. The van der Waals surface area contributed by atoms with Crippen LogP contribution >= 0.6 is 57.6 Å². The van der Waals surface area contributed by atoms with Crippen molar-refractivity contribution in [2.24, 2.45) is 0 Å². The number of benzene rings is 2. The Morgan fingerprint density at radius 3 is 2.50 bits per heavy atom. The molecule has 0 fully saturated rings. The monoisotopic (exact) mass is 465 g/mol. The Labute approximate surface area is 158 Å². The molecule has 0 atom stereocenters. The molecule has 0 spiro atoms. The van der Waals surface area contributed by atoms with E-state index in [1.54, 1.807) is 17.8 Å². The average Bonchev–Trinajstić information content (AvgIpc) is 2.51. The second-order valence-electron chi connectivity index (χ2n) is 4.56. The Hall–Kier alpha value is -0.430. The summed E-state index contributed by atoms with van der Waals surface area (Å²) in [6.07, 6.45) is 0. The van der Waals surface area contributed by atoms with E-state index < -0.39 is 0 Å². The SMILES string of the molecule is O=C(NCCSCc1ccc(Cl)c(Cl)c1)c1ccc(I)cc1. The lowest BCUT2D eigenvalue weighted by atomic mass is 10.2. The van der Waals surface area contributed by atoms with E-state index in [-0.39, 0.29) is 5.91 Å². The molecule has 116 valence electrons. The molecule has 0 saturated carbocycles. The Morgan fingerprint density at radius 1 is 1.09 bits per heavy atom. The molecule has 2 aromatic carbocycles. The lowest BCUT2D eigenvalue weighted by molar-refractivity contribution is 0.0956. The van der Waals surface area contributed by atoms with Crippen LogP contribution in [0.25, 0.3) is 0 Å². The fraction of sp³-hybridized carbons (Fsp3) is 0.188. The summed E-state index contributed by atoms with van der Waals surface area (Å²) in [6, 6.07) is 13.2. The summed E-state index contributed by atoms with van der Waals surface area (Å²) in [5.74, 6) is 1.65. The van der Waals surface area contributed by atoms with Crippen LogP contribution < -0.4 is 5.32 Å². The summed E-state index contributed by atoms with van der Waals surface area (Å²) in [6.45, 7) is 0.636. The molecule has 1 N–H and O–H groups in total. The van der Waals surface area contributed by atoms with Crippen LogP contribution in [0, 0.1) is 3.57 Å². The molecular weight excluding hydrogens is 452 g/mol. The number of nitrogens with one attached hydrogen (secondary N) is 1. The Bertz CT molecular complexity index is 649. The van der Waals surface area contributed by atoms with Gasteiger partial charge in [0.25, 0.3) is 5.91 Å². The van der Waals surface area contributed by atoms with E-state index in [0.29, 0.717) is 22.2 Å². The molecule has 6 heteroatoms. The first-order chi connectivity index (χ1) is 10.6. The topological polar surface area (TPSA) is 29.1 Å². The van der Waals surface area contributed by atoms with Crippen molar-refractivity contribution in [1.82, 2.24) is 5.32 Å². The van der Waals surface area contributed by atoms with Crippen molar-refractivity contribution in [3.8, 4) is 0 Å².